The van der Waals surface area contributed by atoms with E-state index in [1.165, 1.54) is 6.39 Å². The fourth-order valence-electron chi connectivity index (χ4n) is 1.38. The van der Waals surface area contributed by atoms with E-state index in [9.17, 15) is 0 Å². The van der Waals surface area contributed by atoms with Gasteiger partial charge in [0.2, 0.25) is 5.71 Å². The minimum atomic E-state index is 0.561. The number of hydrogen-bond donors (Lipinski definition) is 1. The zero-order chi connectivity index (χ0) is 9.97. The number of aromatic nitrogens is 2. The molecule has 2 rings (SSSR count). The van der Waals surface area contributed by atoms with Crippen LogP contribution >= 0.6 is 0 Å². The second-order valence-corrected chi connectivity index (χ2v) is 3.05. The Hall–Kier alpha value is -1.62. The number of oxazole rings is 1. The number of nitrogens with two attached hydrogens (primary N) is 1. The molecule has 0 amide bonds. The van der Waals surface area contributed by atoms with Gasteiger partial charge in [0.15, 0.2) is 11.9 Å². The second kappa shape index (κ2) is 3.63. The molecule has 0 aromatic carbocycles. The lowest BCUT2D eigenvalue weighted by atomic mass is 10.3. The molecular weight excluding hydrogens is 180 g/mol. The summed E-state index contributed by atoms with van der Waals surface area (Å²) in [5.41, 5.74) is 7.82. The van der Waals surface area contributed by atoms with Crippen LogP contribution in [0.15, 0.2) is 23.1 Å². The van der Waals surface area contributed by atoms with Gasteiger partial charge in [-0.1, -0.05) is 0 Å². The molecule has 0 saturated heterocycles. The van der Waals surface area contributed by atoms with Crippen LogP contribution in [0, 0.1) is 0 Å². The molecular formula is C9H12N4O. The van der Waals surface area contributed by atoms with E-state index in [-0.39, 0.29) is 0 Å². The number of hydrogen-bond acceptors (Lipinski definition) is 5. The maximum absolute atomic E-state index is 5.49. The second-order valence-electron chi connectivity index (χ2n) is 3.05. The first-order valence-corrected chi connectivity index (χ1v) is 4.42. The van der Waals surface area contributed by atoms with Gasteiger partial charge in [0.25, 0.3) is 0 Å². The summed E-state index contributed by atoms with van der Waals surface area (Å²) < 4.78 is 5.11. The van der Waals surface area contributed by atoms with Crippen molar-refractivity contribution in [1.82, 2.24) is 9.97 Å². The van der Waals surface area contributed by atoms with Crippen LogP contribution in [0.3, 0.4) is 0 Å². The molecule has 74 valence electrons. The number of pyridine rings is 1. The van der Waals surface area contributed by atoms with Gasteiger partial charge in [-0.15, -0.1) is 0 Å². The van der Waals surface area contributed by atoms with E-state index in [4.69, 9.17) is 10.2 Å². The van der Waals surface area contributed by atoms with Gasteiger partial charge in [0.1, 0.15) is 0 Å². The van der Waals surface area contributed by atoms with E-state index in [1.807, 2.05) is 18.0 Å². The van der Waals surface area contributed by atoms with Crippen LogP contribution in [0.25, 0.3) is 11.2 Å². The third-order valence-corrected chi connectivity index (χ3v) is 2.09. The van der Waals surface area contributed by atoms with Crippen molar-refractivity contribution in [3.8, 4) is 0 Å². The molecule has 5 nitrogen and oxygen atoms in total. The van der Waals surface area contributed by atoms with E-state index < -0.39 is 0 Å². The van der Waals surface area contributed by atoms with Crippen LogP contribution in [-0.2, 0) is 0 Å². The molecule has 0 spiro atoms. The van der Waals surface area contributed by atoms with Gasteiger partial charge in [0.05, 0.1) is 5.69 Å². The van der Waals surface area contributed by atoms with Crippen LogP contribution in [0.1, 0.15) is 0 Å². The Kier molecular flexibility index (Phi) is 2.32. The molecule has 14 heavy (non-hydrogen) atoms. The average molecular weight is 192 g/mol. The molecule has 0 aliphatic heterocycles. The summed E-state index contributed by atoms with van der Waals surface area (Å²) in [6.07, 6.45) is 3.10. The quantitative estimate of drug-likeness (QED) is 0.772. The maximum Gasteiger partial charge on any atom is 0.248 e. The van der Waals surface area contributed by atoms with E-state index in [2.05, 4.69) is 9.97 Å². The molecule has 2 heterocycles. The fourth-order valence-corrected chi connectivity index (χ4v) is 1.38. The Balaban J connectivity index is 2.45. The van der Waals surface area contributed by atoms with Gasteiger partial charge in [-0.3, -0.25) is 0 Å². The molecule has 0 saturated carbocycles. The summed E-state index contributed by atoms with van der Waals surface area (Å²) in [6, 6.07) is 1.90. The number of likely N-dealkylation sites (N-methyl/N-ethyl adjacent to an activating group) is 1. The van der Waals surface area contributed by atoms with Crippen molar-refractivity contribution in [3.05, 3.63) is 18.7 Å². The minimum Gasteiger partial charge on any atom is -0.425 e. The molecule has 0 unspecified atom stereocenters. The smallest absolute Gasteiger partial charge is 0.248 e. The van der Waals surface area contributed by atoms with Crippen LogP contribution in [-0.4, -0.2) is 30.1 Å². The molecule has 2 N–H and O–H groups in total. The summed E-state index contributed by atoms with van der Waals surface area (Å²) in [6.45, 7) is 1.39. The highest BCUT2D eigenvalue weighted by Gasteiger charge is 2.08. The van der Waals surface area contributed by atoms with E-state index in [0.717, 1.165) is 17.7 Å². The highest BCUT2D eigenvalue weighted by molar-refractivity contribution is 5.83. The molecule has 5 heteroatoms. The van der Waals surface area contributed by atoms with Crippen molar-refractivity contribution in [2.45, 2.75) is 0 Å². The lowest BCUT2D eigenvalue weighted by Gasteiger charge is -2.17. The van der Waals surface area contributed by atoms with Gasteiger partial charge >= 0.3 is 0 Å². The Morgan fingerprint density at radius 1 is 1.50 bits per heavy atom. The Morgan fingerprint density at radius 2 is 2.36 bits per heavy atom. The summed E-state index contributed by atoms with van der Waals surface area (Å²) >= 11 is 0. The number of anilines is 1. The highest BCUT2D eigenvalue weighted by Crippen LogP contribution is 2.21. The first-order valence-electron chi connectivity index (χ1n) is 4.42. The van der Waals surface area contributed by atoms with E-state index >= 15 is 0 Å². The lowest BCUT2D eigenvalue weighted by Crippen LogP contribution is -2.25. The van der Waals surface area contributed by atoms with Crippen molar-refractivity contribution in [3.63, 3.8) is 0 Å². The summed E-state index contributed by atoms with van der Waals surface area (Å²) in [7, 11) is 1.97. The Labute approximate surface area is 81.5 Å². The number of fused-ring (bicyclic) bond motifs is 1. The molecule has 0 aliphatic carbocycles. The van der Waals surface area contributed by atoms with Crippen molar-refractivity contribution in [1.29, 1.82) is 0 Å². The van der Waals surface area contributed by atoms with Gasteiger partial charge in [-0.25, -0.2) is 9.97 Å². The first-order chi connectivity index (χ1) is 6.83. The highest BCUT2D eigenvalue weighted by atomic mass is 16.3. The average Bonchev–Trinajstić information content (AvgIpc) is 2.65. The Bertz CT molecular complexity index is 425. The minimum absolute atomic E-state index is 0.561. The molecule has 0 bridgehead atoms. The largest absolute Gasteiger partial charge is 0.425 e. The normalized spacial score (nSPS) is 10.7. The molecule has 0 radical (unpaired) electrons. The lowest BCUT2D eigenvalue weighted by molar-refractivity contribution is 0.590. The number of nitrogens with zero attached hydrogens (tertiary/aromatic N) is 3. The van der Waals surface area contributed by atoms with E-state index in [0.29, 0.717) is 12.3 Å². The summed E-state index contributed by atoms with van der Waals surface area (Å²) in [4.78, 5) is 10.2. The van der Waals surface area contributed by atoms with Crippen molar-refractivity contribution >= 4 is 16.9 Å². The third-order valence-electron chi connectivity index (χ3n) is 2.09. The zero-order valence-electron chi connectivity index (χ0n) is 7.97. The van der Waals surface area contributed by atoms with Gasteiger partial charge in [-0.05, 0) is 6.07 Å². The fraction of sp³-hybridized carbons (Fsp3) is 0.333. The predicted octanol–water partition coefficient (Wildman–Crippen LogP) is 0.618. The zero-order valence-corrected chi connectivity index (χ0v) is 7.97. The topological polar surface area (TPSA) is 68.2 Å². The standard InChI is InChI=1S/C9H12N4O/c1-13(5-3-10)7-2-4-11-9-8(7)12-6-14-9/h2,4,6H,3,5,10H2,1H3. The number of rotatable bonds is 3. The molecule has 0 fully saturated rings. The maximum atomic E-state index is 5.49. The molecule has 0 atom stereocenters. The van der Waals surface area contributed by atoms with Crippen LogP contribution in [0.2, 0.25) is 0 Å². The first kappa shape index (κ1) is 8.96. The summed E-state index contributed by atoms with van der Waals surface area (Å²) in [5.74, 6) is 0. The monoisotopic (exact) mass is 192 g/mol. The summed E-state index contributed by atoms with van der Waals surface area (Å²) in [5, 5.41) is 0. The van der Waals surface area contributed by atoms with Crippen LogP contribution in [0.4, 0.5) is 5.69 Å². The van der Waals surface area contributed by atoms with Gasteiger partial charge in [0, 0.05) is 26.3 Å². The van der Waals surface area contributed by atoms with Crippen molar-refractivity contribution < 1.29 is 4.42 Å². The van der Waals surface area contributed by atoms with Crippen LogP contribution in [0.5, 0.6) is 0 Å². The van der Waals surface area contributed by atoms with Crippen molar-refractivity contribution in [2.75, 3.05) is 25.0 Å². The molecule has 2 aromatic rings. The Morgan fingerprint density at radius 3 is 3.14 bits per heavy atom. The van der Waals surface area contributed by atoms with Gasteiger partial charge < -0.3 is 15.1 Å². The SMILES string of the molecule is CN(CCN)c1ccnc2ocnc12. The third kappa shape index (κ3) is 1.42. The van der Waals surface area contributed by atoms with Crippen LogP contribution < -0.4 is 10.6 Å². The molecule has 0 aliphatic rings. The predicted molar refractivity (Wildman–Crippen MR) is 54.1 cm³/mol. The van der Waals surface area contributed by atoms with E-state index in [1.54, 1.807) is 6.20 Å². The molecule has 2 aromatic heterocycles. The van der Waals surface area contributed by atoms with Crippen molar-refractivity contribution in [2.24, 2.45) is 5.73 Å². The van der Waals surface area contributed by atoms with Gasteiger partial charge in [-0.2, -0.15) is 0 Å².